The van der Waals surface area contributed by atoms with Crippen molar-refractivity contribution in [1.82, 2.24) is 21.5 Å². The average molecular weight is 407 g/mol. The van der Waals surface area contributed by atoms with E-state index in [1.807, 2.05) is 32.0 Å². The van der Waals surface area contributed by atoms with E-state index in [9.17, 15) is 0 Å². The van der Waals surface area contributed by atoms with Crippen molar-refractivity contribution >= 4 is 40.3 Å². The third kappa shape index (κ3) is 5.28. The van der Waals surface area contributed by atoms with Gasteiger partial charge in [0.2, 0.25) is 11.9 Å². The average Bonchev–Trinajstić information content (AvgIpc) is 3.31. The van der Waals surface area contributed by atoms with Gasteiger partial charge in [-0.1, -0.05) is 18.2 Å². The molecular formula is C16H23BrN8. The van der Waals surface area contributed by atoms with Crippen molar-refractivity contribution < 1.29 is 0 Å². The molecule has 0 spiro atoms. The van der Waals surface area contributed by atoms with E-state index >= 15 is 0 Å². The lowest BCUT2D eigenvalue weighted by Crippen LogP contribution is -2.31. The molecule has 25 heavy (non-hydrogen) atoms. The molecule has 0 atom stereocenters. The van der Waals surface area contributed by atoms with Crippen LogP contribution in [0.25, 0.3) is 0 Å². The number of benzene rings is 1. The zero-order valence-corrected chi connectivity index (χ0v) is 16.0. The van der Waals surface area contributed by atoms with Crippen LogP contribution in [0.15, 0.2) is 44.5 Å². The maximum Gasteiger partial charge on any atom is 0.212 e. The van der Waals surface area contributed by atoms with Crippen molar-refractivity contribution in [3.8, 4) is 0 Å². The first-order valence-corrected chi connectivity index (χ1v) is 8.00. The van der Waals surface area contributed by atoms with Crippen LogP contribution in [0.1, 0.15) is 25.0 Å². The van der Waals surface area contributed by atoms with E-state index in [-0.39, 0.29) is 17.0 Å². The van der Waals surface area contributed by atoms with Gasteiger partial charge in [-0.3, -0.25) is 0 Å². The number of guanidine groups is 2. The Bertz CT molecular complexity index is 665. The Labute approximate surface area is 157 Å². The summed E-state index contributed by atoms with van der Waals surface area (Å²) in [4.78, 5) is 8.50. The number of aliphatic imine (C=N–C) groups is 2. The molecule has 9 heteroatoms. The largest absolute Gasteiger partial charge is 0.353 e. The Kier molecular flexibility index (Phi) is 6.93. The minimum absolute atomic E-state index is 0. The summed E-state index contributed by atoms with van der Waals surface area (Å²) in [7, 11) is 0. The second-order valence-electron chi connectivity index (χ2n) is 5.51. The Balaban J connectivity index is 0.00000225. The monoisotopic (exact) mass is 406 g/mol. The van der Waals surface area contributed by atoms with E-state index < -0.39 is 0 Å². The van der Waals surface area contributed by atoms with Gasteiger partial charge in [-0.2, -0.15) is 10.2 Å². The highest BCUT2D eigenvalue weighted by Crippen LogP contribution is 2.08. The number of hydrazone groups is 2. The Morgan fingerprint density at radius 2 is 1.40 bits per heavy atom. The highest BCUT2D eigenvalue weighted by atomic mass is 79.9. The summed E-state index contributed by atoms with van der Waals surface area (Å²) in [5.41, 5.74) is 9.74. The number of rotatable bonds is 4. The van der Waals surface area contributed by atoms with Crippen LogP contribution in [0.3, 0.4) is 0 Å². The van der Waals surface area contributed by atoms with Crippen molar-refractivity contribution in [3.05, 3.63) is 35.4 Å². The summed E-state index contributed by atoms with van der Waals surface area (Å²) >= 11 is 0. The van der Waals surface area contributed by atoms with Crippen LogP contribution >= 0.6 is 17.0 Å². The van der Waals surface area contributed by atoms with E-state index in [1.165, 1.54) is 0 Å². The molecule has 0 amide bonds. The quantitative estimate of drug-likeness (QED) is 0.439. The number of hydrogen-bond acceptors (Lipinski definition) is 8. The molecule has 8 nitrogen and oxygen atoms in total. The van der Waals surface area contributed by atoms with Crippen molar-refractivity contribution in [2.24, 2.45) is 20.2 Å². The summed E-state index contributed by atoms with van der Waals surface area (Å²) in [6.07, 6.45) is 0. The molecule has 0 radical (unpaired) electrons. The Morgan fingerprint density at radius 1 is 0.920 bits per heavy atom. The molecule has 0 aromatic heterocycles. The summed E-state index contributed by atoms with van der Waals surface area (Å²) in [5.74, 6) is 1.44. The lowest BCUT2D eigenvalue weighted by atomic mass is 10.1. The number of halogens is 1. The molecule has 134 valence electrons. The van der Waals surface area contributed by atoms with Gasteiger partial charge in [-0.25, -0.2) is 20.8 Å². The standard InChI is InChI=1S/C16H22N8.BrH/c1-11(21-23-15-17-6-7-18-15)13-4-3-5-14(10-13)12(2)22-24-16-19-8-9-20-16;/h3-5,10H,6-9H2,1-2H3,(H2,17,18,23)(H2,19,20,24);1H/b21-11+,22-12+;. The van der Waals surface area contributed by atoms with Gasteiger partial charge < -0.3 is 10.6 Å². The van der Waals surface area contributed by atoms with Crippen LogP contribution in [-0.4, -0.2) is 49.5 Å². The first-order chi connectivity index (χ1) is 11.7. The third-order valence-electron chi connectivity index (χ3n) is 3.71. The van der Waals surface area contributed by atoms with Gasteiger partial charge in [-0.15, -0.1) is 17.0 Å². The maximum absolute atomic E-state index is 4.37. The lowest BCUT2D eigenvalue weighted by molar-refractivity contribution is 0.916. The van der Waals surface area contributed by atoms with E-state index in [4.69, 9.17) is 0 Å². The minimum atomic E-state index is 0. The van der Waals surface area contributed by atoms with Crippen LogP contribution in [0.4, 0.5) is 0 Å². The SMILES string of the molecule is Br.C/C(=N\NC1=NCCN1)c1cccc(/C(C)=N/NC2=NCCN2)c1. The van der Waals surface area contributed by atoms with Gasteiger partial charge in [-0.05, 0) is 31.0 Å². The van der Waals surface area contributed by atoms with E-state index in [0.29, 0.717) is 0 Å². The topological polar surface area (TPSA) is 97.6 Å². The molecule has 1 aromatic rings. The minimum Gasteiger partial charge on any atom is -0.353 e. The molecule has 3 rings (SSSR count). The number of nitrogens with zero attached hydrogens (tertiary/aromatic N) is 4. The van der Waals surface area contributed by atoms with Gasteiger partial charge in [0.1, 0.15) is 0 Å². The summed E-state index contributed by atoms with van der Waals surface area (Å²) in [6.45, 7) is 7.21. The van der Waals surface area contributed by atoms with Crippen LogP contribution in [0.2, 0.25) is 0 Å². The fourth-order valence-electron chi connectivity index (χ4n) is 2.32. The van der Waals surface area contributed by atoms with Crippen LogP contribution < -0.4 is 21.5 Å². The predicted octanol–water partition coefficient (Wildman–Crippen LogP) is 0.810. The first kappa shape index (κ1) is 18.9. The molecule has 4 N–H and O–H groups in total. The van der Waals surface area contributed by atoms with E-state index in [1.54, 1.807) is 0 Å². The molecule has 0 aliphatic carbocycles. The summed E-state index contributed by atoms with van der Waals surface area (Å²) in [6, 6.07) is 8.11. The predicted molar refractivity (Wildman–Crippen MR) is 108 cm³/mol. The van der Waals surface area contributed by atoms with Gasteiger partial charge >= 0.3 is 0 Å². The van der Waals surface area contributed by atoms with E-state index in [2.05, 4.69) is 47.7 Å². The Hall–Kier alpha value is -2.42. The fraction of sp³-hybridized carbons (Fsp3) is 0.375. The second-order valence-corrected chi connectivity index (χ2v) is 5.51. The third-order valence-corrected chi connectivity index (χ3v) is 3.71. The van der Waals surface area contributed by atoms with Crippen molar-refractivity contribution in [2.75, 3.05) is 26.2 Å². The fourth-order valence-corrected chi connectivity index (χ4v) is 2.32. The van der Waals surface area contributed by atoms with Crippen molar-refractivity contribution in [1.29, 1.82) is 0 Å². The smallest absolute Gasteiger partial charge is 0.212 e. The Morgan fingerprint density at radius 3 is 1.80 bits per heavy atom. The molecule has 2 aliphatic heterocycles. The molecule has 2 heterocycles. The van der Waals surface area contributed by atoms with Gasteiger partial charge in [0, 0.05) is 13.1 Å². The molecule has 1 aromatic carbocycles. The number of nitrogens with one attached hydrogen (secondary N) is 4. The highest BCUT2D eigenvalue weighted by molar-refractivity contribution is 8.93. The normalized spacial score (nSPS) is 17.0. The summed E-state index contributed by atoms with van der Waals surface area (Å²) < 4.78 is 0. The van der Waals surface area contributed by atoms with Crippen LogP contribution in [0, 0.1) is 0 Å². The first-order valence-electron chi connectivity index (χ1n) is 8.00. The molecule has 0 saturated carbocycles. The lowest BCUT2D eigenvalue weighted by Gasteiger charge is -2.07. The number of hydrogen-bond donors (Lipinski definition) is 4. The van der Waals surface area contributed by atoms with Crippen LogP contribution in [0.5, 0.6) is 0 Å². The van der Waals surface area contributed by atoms with Crippen molar-refractivity contribution in [2.45, 2.75) is 13.8 Å². The zero-order valence-electron chi connectivity index (χ0n) is 14.3. The van der Waals surface area contributed by atoms with Gasteiger partial charge in [0.05, 0.1) is 24.5 Å². The molecule has 0 fully saturated rings. The zero-order chi connectivity index (χ0) is 16.8. The highest BCUT2D eigenvalue weighted by Gasteiger charge is 2.06. The molecule has 0 saturated heterocycles. The molecule has 2 aliphatic rings. The van der Waals surface area contributed by atoms with Gasteiger partial charge in [0.15, 0.2) is 0 Å². The van der Waals surface area contributed by atoms with Crippen molar-refractivity contribution in [3.63, 3.8) is 0 Å². The molecule has 0 unspecified atom stereocenters. The molecular weight excluding hydrogens is 384 g/mol. The second kappa shape index (κ2) is 9.16. The summed E-state index contributed by atoms with van der Waals surface area (Å²) in [5, 5.41) is 15.0. The molecule has 0 bridgehead atoms. The van der Waals surface area contributed by atoms with Crippen LogP contribution in [-0.2, 0) is 0 Å². The van der Waals surface area contributed by atoms with E-state index in [0.717, 1.165) is 60.6 Å². The van der Waals surface area contributed by atoms with Gasteiger partial charge in [0.25, 0.3) is 0 Å². The maximum atomic E-state index is 4.37.